The molecule has 0 radical (unpaired) electrons. The Morgan fingerprint density at radius 3 is 2.42 bits per heavy atom. The van der Waals surface area contributed by atoms with Gasteiger partial charge in [-0.3, -0.25) is 19.8 Å². The van der Waals surface area contributed by atoms with Gasteiger partial charge >= 0.3 is 6.03 Å². The van der Waals surface area contributed by atoms with E-state index in [2.05, 4.69) is 10.6 Å². The number of imide groups is 1. The van der Waals surface area contributed by atoms with Gasteiger partial charge in [-0.2, -0.15) is 0 Å². The normalized spacial score (nSPS) is 22.0. The van der Waals surface area contributed by atoms with Gasteiger partial charge in [-0.1, -0.05) is 12.1 Å². The van der Waals surface area contributed by atoms with Crippen LogP contribution in [0.2, 0.25) is 0 Å². The Morgan fingerprint density at radius 2 is 1.79 bits per heavy atom. The Balaban J connectivity index is 1.51. The van der Waals surface area contributed by atoms with Crippen LogP contribution in [0.3, 0.4) is 0 Å². The molecule has 1 unspecified atom stereocenters. The second-order valence-electron chi connectivity index (χ2n) is 5.96. The molecule has 8 heteroatoms. The van der Waals surface area contributed by atoms with Gasteiger partial charge in [-0.05, 0) is 17.7 Å². The summed E-state index contributed by atoms with van der Waals surface area (Å²) in [5.74, 6) is -0.622. The standard InChI is InChI=1S/C16H19FN4O3/c17-12-3-1-11(2-4-12)9-15(23)21-7-5-20(6-8-21)13-10-14(22)19-16(24)18-13/h1-4,13H,5-10H2,(H2,18,19,22,24). The van der Waals surface area contributed by atoms with Crippen molar-refractivity contribution in [2.45, 2.75) is 19.0 Å². The quantitative estimate of drug-likeness (QED) is 0.819. The first-order chi connectivity index (χ1) is 11.5. The first-order valence-electron chi connectivity index (χ1n) is 7.88. The van der Waals surface area contributed by atoms with Crippen LogP contribution in [0, 0.1) is 5.82 Å². The number of carbonyl (C=O) groups excluding carboxylic acids is 3. The van der Waals surface area contributed by atoms with Gasteiger partial charge < -0.3 is 10.2 Å². The Morgan fingerprint density at radius 1 is 1.12 bits per heavy atom. The third kappa shape index (κ3) is 3.88. The molecule has 2 heterocycles. The molecule has 2 saturated heterocycles. The predicted octanol–water partition coefficient (Wildman–Crippen LogP) is 0.0680. The van der Waals surface area contributed by atoms with Gasteiger partial charge in [0.05, 0.1) is 19.0 Å². The van der Waals surface area contributed by atoms with Gasteiger partial charge in [-0.25, -0.2) is 9.18 Å². The lowest BCUT2D eigenvalue weighted by Crippen LogP contribution is -2.62. The number of nitrogens with zero attached hydrogens (tertiary/aromatic N) is 2. The minimum atomic E-state index is -0.480. The Hall–Kier alpha value is -2.48. The Kier molecular flexibility index (Phi) is 4.75. The number of urea groups is 1. The molecule has 7 nitrogen and oxygen atoms in total. The van der Waals surface area contributed by atoms with Crippen LogP contribution in [0.5, 0.6) is 0 Å². The van der Waals surface area contributed by atoms with E-state index in [0.29, 0.717) is 26.2 Å². The molecule has 2 aliphatic rings. The van der Waals surface area contributed by atoms with E-state index in [1.807, 2.05) is 4.90 Å². The van der Waals surface area contributed by atoms with Crippen molar-refractivity contribution in [2.24, 2.45) is 0 Å². The van der Waals surface area contributed by atoms with Gasteiger partial charge in [0.1, 0.15) is 5.82 Å². The van der Waals surface area contributed by atoms with Crippen LogP contribution >= 0.6 is 0 Å². The molecule has 0 saturated carbocycles. The summed E-state index contributed by atoms with van der Waals surface area (Å²) in [7, 11) is 0. The van der Waals surface area contributed by atoms with E-state index >= 15 is 0 Å². The Bertz CT molecular complexity index is 625. The number of piperazine rings is 1. The van der Waals surface area contributed by atoms with Gasteiger partial charge in [0.25, 0.3) is 0 Å². The number of amides is 4. The summed E-state index contributed by atoms with van der Waals surface area (Å²) < 4.78 is 12.9. The van der Waals surface area contributed by atoms with Gasteiger partial charge in [-0.15, -0.1) is 0 Å². The maximum atomic E-state index is 12.9. The summed E-state index contributed by atoms with van der Waals surface area (Å²) in [5, 5.41) is 4.92. The molecule has 2 aliphatic heterocycles. The number of nitrogens with one attached hydrogen (secondary N) is 2. The first-order valence-corrected chi connectivity index (χ1v) is 7.88. The lowest BCUT2D eigenvalue weighted by molar-refractivity contribution is -0.133. The summed E-state index contributed by atoms with van der Waals surface area (Å²) in [5.41, 5.74) is 0.778. The zero-order chi connectivity index (χ0) is 17.1. The lowest BCUT2D eigenvalue weighted by Gasteiger charge is -2.40. The molecule has 3 rings (SSSR count). The third-order valence-electron chi connectivity index (χ3n) is 4.31. The van der Waals surface area contributed by atoms with Crippen molar-refractivity contribution in [1.29, 1.82) is 0 Å². The zero-order valence-electron chi connectivity index (χ0n) is 13.1. The number of carbonyl (C=O) groups is 3. The lowest BCUT2D eigenvalue weighted by atomic mass is 10.1. The molecule has 2 N–H and O–H groups in total. The maximum Gasteiger partial charge on any atom is 0.322 e. The molecule has 1 aromatic carbocycles. The van der Waals surface area contributed by atoms with Crippen molar-refractivity contribution in [3.8, 4) is 0 Å². The van der Waals surface area contributed by atoms with Crippen molar-refractivity contribution in [3.05, 3.63) is 35.6 Å². The molecule has 0 bridgehead atoms. The van der Waals surface area contributed by atoms with E-state index in [1.165, 1.54) is 12.1 Å². The summed E-state index contributed by atoms with van der Waals surface area (Å²) in [6.07, 6.45) is 0.138. The van der Waals surface area contributed by atoms with Crippen molar-refractivity contribution < 1.29 is 18.8 Å². The molecule has 1 aromatic rings. The van der Waals surface area contributed by atoms with Crippen LogP contribution in [-0.2, 0) is 16.0 Å². The van der Waals surface area contributed by atoms with Crippen LogP contribution in [0.4, 0.5) is 9.18 Å². The molecule has 0 aromatic heterocycles. The molecule has 128 valence electrons. The van der Waals surface area contributed by atoms with E-state index in [1.54, 1.807) is 17.0 Å². The van der Waals surface area contributed by atoms with E-state index in [-0.39, 0.29) is 36.6 Å². The monoisotopic (exact) mass is 334 g/mol. The molecule has 0 spiro atoms. The fourth-order valence-corrected chi connectivity index (χ4v) is 2.98. The average Bonchev–Trinajstić information content (AvgIpc) is 2.56. The highest BCUT2D eigenvalue weighted by Gasteiger charge is 2.31. The average molecular weight is 334 g/mol. The molecular weight excluding hydrogens is 315 g/mol. The second-order valence-corrected chi connectivity index (χ2v) is 5.96. The minimum absolute atomic E-state index is 0.00770. The number of hydrogen-bond acceptors (Lipinski definition) is 4. The Labute approximate surface area is 138 Å². The van der Waals surface area contributed by atoms with Crippen molar-refractivity contribution >= 4 is 17.8 Å². The summed E-state index contributed by atoms with van der Waals surface area (Å²) in [6, 6.07) is 5.43. The van der Waals surface area contributed by atoms with E-state index in [0.717, 1.165) is 5.56 Å². The summed E-state index contributed by atoms with van der Waals surface area (Å²) >= 11 is 0. The van der Waals surface area contributed by atoms with Crippen molar-refractivity contribution in [2.75, 3.05) is 26.2 Å². The fraction of sp³-hybridized carbons (Fsp3) is 0.438. The minimum Gasteiger partial charge on any atom is -0.340 e. The summed E-state index contributed by atoms with van der Waals surface area (Å²) in [6.45, 7) is 2.25. The SMILES string of the molecule is O=C1CC(N2CCN(C(=O)Cc3ccc(F)cc3)CC2)NC(=O)N1. The highest BCUT2D eigenvalue weighted by Crippen LogP contribution is 2.12. The predicted molar refractivity (Wildman–Crippen MR) is 83.3 cm³/mol. The summed E-state index contributed by atoms with van der Waals surface area (Å²) in [4.78, 5) is 38.9. The van der Waals surface area contributed by atoms with Crippen LogP contribution in [0.25, 0.3) is 0 Å². The molecular formula is C16H19FN4O3. The van der Waals surface area contributed by atoms with Crippen LogP contribution in [-0.4, -0.2) is 60.0 Å². The molecule has 0 aliphatic carbocycles. The number of hydrogen-bond donors (Lipinski definition) is 2. The number of halogens is 1. The van der Waals surface area contributed by atoms with Gasteiger partial charge in [0.2, 0.25) is 11.8 Å². The zero-order valence-corrected chi connectivity index (χ0v) is 13.1. The van der Waals surface area contributed by atoms with E-state index in [9.17, 15) is 18.8 Å². The molecule has 24 heavy (non-hydrogen) atoms. The van der Waals surface area contributed by atoms with Gasteiger partial charge in [0.15, 0.2) is 0 Å². The van der Waals surface area contributed by atoms with Crippen LogP contribution in [0.1, 0.15) is 12.0 Å². The number of rotatable bonds is 3. The molecule has 4 amide bonds. The number of benzene rings is 1. The third-order valence-corrected chi connectivity index (χ3v) is 4.31. The van der Waals surface area contributed by atoms with Crippen LogP contribution in [0.15, 0.2) is 24.3 Å². The molecule has 1 atom stereocenters. The topological polar surface area (TPSA) is 81.8 Å². The second kappa shape index (κ2) is 6.96. The van der Waals surface area contributed by atoms with E-state index < -0.39 is 6.03 Å². The first kappa shape index (κ1) is 16.4. The van der Waals surface area contributed by atoms with Gasteiger partial charge in [0, 0.05) is 26.2 Å². The smallest absolute Gasteiger partial charge is 0.322 e. The van der Waals surface area contributed by atoms with Crippen molar-refractivity contribution in [1.82, 2.24) is 20.4 Å². The highest BCUT2D eigenvalue weighted by molar-refractivity contribution is 5.97. The van der Waals surface area contributed by atoms with Crippen molar-refractivity contribution in [3.63, 3.8) is 0 Å². The van der Waals surface area contributed by atoms with E-state index in [4.69, 9.17) is 0 Å². The fourth-order valence-electron chi connectivity index (χ4n) is 2.98. The maximum absolute atomic E-state index is 12.9. The van der Waals surface area contributed by atoms with Crippen LogP contribution < -0.4 is 10.6 Å². The largest absolute Gasteiger partial charge is 0.340 e. The molecule has 2 fully saturated rings. The highest BCUT2D eigenvalue weighted by atomic mass is 19.1.